The average Bonchev–Trinajstić information content (AvgIpc) is 3.33. The Bertz CT molecular complexity index is 1420. The van der Waals surface area contributed by atoms with Gasteiger partial charge in [-0.25, -0.2) is 14.6 Å². The molecule has 2 aromatic heterocycles. The Hall–Kier alpha value is -3.69. The first-order valence-electron chi connectivity index (χ1n) is 13.8. The van der Waals surface area contributed by atoms with E-state index in [1.807, 2.05) is 52.0 Å². The molecule has 1 fully saturated rings. The third-order valence-corrected chi connectivity index (χ3v) is 7.36. The van der Waals surface area contributed by atoms with Crippen LogP contribution in [-0.4, -0.2) is 43.1 Å². The summed E-state index contributed by atoms with van der Waals surface area (Å²) in [5.41, 5.74) is 1.30. The number of fused-ring (bicyclic) bond motifs is 1. The van der Waals surface area contributed by atoms with Crippen molar-refractivity contribution >= 4 is 23.0 Å². The first kappa shape index (κ1) is 28.3. The van der Waals surface area contributed by atoms with Crippen LogP contribution >= 0.6 is 0 Å². The molecule has 10 heteroatoms. The summed E-state index contributed by atoms with van der Waals surface area (Å²) in [6.07, 6.45) is 5.91. The van der Waals surface area contributed by atoms with E-state index in [1.54, 1.807) is 10.9 Å². The number of Topliss-reactive ketones (excluding diaryl/α,β-unsaturated/α-hetero) is 1. The monoisotopic (exact) mass is 537 g/mol. The molecule has 10 nitrogen and oxygen atoms in total. The van der Waals surface area contributed by atoms with Crippen LogP contribution in [0, 0.1) is 11.8 Å². The zero-order chi connectivity index (χ0) is 28.2. The Labute approximate surface area is 227 Å². The van der Waals surface area contributed by atoms with E-state index in [0.29, 0.717) is 48.8 Å². The molecule has 3 aromatic rings. The number of aryl methyl sites for hydroxylation is 2. The molecule has 1 aliphatic rings. The fourth-order valence-corrected chi connectivity index (χ4v) is 5.20. The topological polar surface area (TPSA) is 128 Å². The highest BCUT2D eigenvalue weighted by molar-refractivity contribution is 5.81. The molecule has 2 heterocycles. The van der Waals surface area contributed by atoms with Gasteiger partial charge in [-0.2, -0.15) is 0 Å². The number of ether oxygens (including phenoxy) is 1. The van der Waals surface area contributed by atoms with Crippen molar-refractivity contribution < 1.29 is 14.3 Å². The second-order valence-electron chi connectivity index (χ2n) is 11.4. The van der Waals surface area contributed by atoms with Crippen LogP contribution in [-0.2, 0) is 29.0 Å². The quantitative estimate of drug-likeness (QED) is 0.427. The summed E-state index contributed by atoms with van der Waals surface area (Å²) in [5.74, 6) is 0.756. The molecule has 2 N–H and O–H groups in total. The maximum atomic E-state index is 12.9. The number of amides is 1. The number of H-pyrrole nitrogens is 1. The van der Waals surface area contributed by atoms with E-state index >= 15 is 0 Å². The van der Waals surface area contributed by atoms with Gasteiger partial charge in [0.25, 0.3) is 5.56 Å². The Morgan fingerprint density at radius 3 is 2.38 bits per heavy atom. The van der Waals surface area contributed by atoms with E-state index in [1.165, 1.54) is 4.57 Å². The highest BCUT2D eigenvalue weighted by Crippen LogP contribution is 2.30. The molecule has 1 amide bonds. The molecule has 0 spiro atoms. The van der Waals surface area contributed by atoms with Gasteiger partial charge >= 0.3 is 11.8 Å². The maximum Gasteiger partial charge on any atom is 0.407 e. The van der Waals surface area contributed by atoms with Gasteiger partial charge in [-0.1, -0.05) is 24.3 Å². The van der Waals surface area contributed by atoms with Gasteiger partial charge < -0.3 is 14.6 Å². The van der Waals surface area contributed by atoms with Gasteiger partial charge in [0.2, 0.25) is 0 Å². The molecule has 39 heavy (non-hydrogen) atoms. The first-order valence-corrected chi connectivity index (χ1v) is 13.8. The second-order valence-corrected chi connectivity index (χ2v) is 11.4. The number of carbonyl (C=O) groups excluding carboxylic acids is 2. The molecule has 0 unspecified atom stereocenters. The summed E-state index contributed by atoms with van der Waals surface area (Å²) in [6.45, 7) is 8.90. The summed E-state index contributed by atoms with van der Waals surface area (Å²) in [6, 6.07) is 7.87. The summed E-state index contributed by atoms with van der Waals surface area (Å²) in [5, 5.41) is 2.85. The van der Waals surface area contributed by atoms with Crippen LogP contribution in [0.1, 0.15) is 70.9 Å². The molecule has 0 radical (unpaired) electrons. The van der Waals surface area contributed by atoms with Gasteiger partial charge in [-0.05, 0) is 76.8 Å². The van der Waals surface area contributed by atoms with E-state index in [-0.39, 0.29) is 12.5 Å². The average molecular weight is 538 g/mol. The van der Waals surface area contributed by atoms with Gasteiger partial charge in [0.15, 0.2) is 11.2 Å². The van der Waals surface area contributed by atoms with E-state index in [2.05, 4.69) is 15.3 Å². The van der Waals surface area contributed by atoms with E-state index in [0.717, 1.165) is 36.8 Å². The minimum Gasteiger partial charge on any atom is -0.444 e. The number of benzene rings is 1. The molecule has 4 rings (SSSR count). The predicted molar refractivity (Wildman–Crippen MR) is 149 cm³/mol. The third-order valence-electron chi connectivity index (χ3n) is 7.36. The molecule has 1 aliphatic carbocycles. The molecule has 0 aliphatic heterocycles. The van der Waals surface area contributed by atoms with Crippen molar-refractivity contribution in [1.29, 1.82) is 0 Å². The lowest BCUT2D eigenvalue weighted by atomic mass is 9.79. The van der Waals surface area contributed by atoms with E-state index in [4.69, 9.17) is 4.74 Å². The molecule has 0 atom stereocenters. The number of ketones is 1. The maximum absolute atomic E-state index is 12.9. The fourth-order valence-electron chi connectivity index (χ4n) is 5.20. The van der Waals surface area contributed by atoms with Gasteiger partial charge in [0.05, 0.1) is 12.9 Å². The number of rotatable bonds is 9. The number of carbonyl (C=O) groups is 2. The van der Waals surface area contributed by atoms with Gasteiger partial charge in [0.1, 0.15) is 11.4 Å². The number of nitrogens with one attached hydrogen (secondary N) is 2. The molecule has 210 valence electrons. The van der Waals surface area contributed by atoms with Crippen molar-refractivity contribution in [2.75, 3.05) is 6.54 Å². The van der Waals surface area contributed by atoms with E-state index < -0.39 is 22.9 Å². The number of aromatic nitrogens is 4. The highest BCUT2D eigenvalue weighted by Gasteiger charge is 2.26. The van der Waals surface area contributed by atoms with Gasteiger partial charge in [0, 0.05) is 25.4 Å². The molecule has 0 saturated heterocycles. The van der Waals surface area contributed by atoms with Crippen LogP contribution in [0.4, 0.5) is 4.79 Å². The van der Waals surface area contributed by atoms with Crippen LogP contribution in [0.2, 0.25) is 0 Å². The van der Waals surface area contributed by atoms with Crippen molar-refractivity contribution in [1.82, 2.24) is 24.4 Å². The fraction of sp³-hybridized carbons (Fsp3) is 0.552. The molecule has 0 bridgehead atoms. The summed E-state index contributed by atoms with van der Waals surface area (Å²) >= 11 is 0. The molecular weight excluding hydrogens is 498 g/mol. The SMILES string of the molecule is CCn1cnc2c1c(=O)[nH]c(=O)n2Cc1ccc(CCC(=O)C2CCC(CNC(=O)OC(C)(C)C)CC2)cc1. The third kappa shape index (κ3) is 7.25. The van der Waals surface area contributed by atoms with Crippen LogP contribution in [0.5, 0.6) is 0 Å². The van der Waals surface area contributed by atoms with Gasteiger partial charge in [-0.3, -0.25) is 19.1 Å². The number of hydrogen-bond acceptors (Lipinski definition) is 6. The van der Waals surface area contributed by atoms with Gasteiger partial charge in [-0.15, -0.1) is 0 Å². The smallest absolute Gasteiger partial charge is 0.407 e. The minimum absolute atomic E-state index is 0.0829. The van der Waals surface area contributed by atoms with Crippen molar-refractivity contribution in [3.8, 4) is 0 Å². The predicted octanol–water partition coefficient (Wildman–Crippen LogP) is 3.79. The van der Waals surface area contributed by atoms with Crippen LogP contribution in [0.15, 0.2) is 40.2 Å². The number of aromatic amines is 1. The normalized spacial score (nSPS) is 17.7. The van der Waals surface area contributed by atoms with Crippen molar-refractivity contribution in [3.05, 3.63) is 62.6 Å². The zero-order valence-electron chi connectivity index (χ0n) is 23.3. The molecule has 1 saturated carbocycles. The largest absolute Gasteiger partial charge is 0.444 e. The standard InChI is InChI=1S/C29H39N5O5/c1-5-33-18-31-25-24(33)26(36)32-27(37)34(25)17-21-8-6-19(7-9-21)12-15-23(35)22-13-10-20(11-14-22)16-30-28(38)39-29(2,3)4/h6-9,18,20,22H,5,10-17H2,1-4H3,(H,30,38)(H,32,36,37). The van der Waals surface area contributed by atoms with Crippen molar-refractivity contribution in [2.45, 2.75) is 84.9 Å². The number of imidazole rings is 1. The van der Waals surface area contributed by atoms with Crippen molar-refractivity contribution in [2.24, 2.45) is 11.8 Å². The number of hydrogen-bond donors (Lipinski definition) is 2. The molecule has 1 aromatic carbocycles. The summed E-state index contributed by atoms with van der Waals surface area (Å²) < 4.78 is 8.49. The lowest BCUT2D eigenvalue weighted by molar-refractivity contribution is -0.124. The van der Waals surface area contributed by atoms with Crippen LogP contribution in [0.25, 0.3) is 11.2 Å². The Morgan fingerprint density at radius 1 is 1.08 bits per heavy atom. The van der Waals surface area contributed by atoms with E-state index in [9.17, 15) is 19.2 Å². The lowest BCUT2D eigenvalue weighted by Gasteiger charge is -2.28. The van der Waals surface area contributed by atoms with Crippen molar-refractivity contribution in [3.63, 3.8) is 0 Å². The Morgan fingerprint density at radius 2 is 1.74 bits per heavy atom. The Balaban J connectivity index is 1.26. The minimum atomic E-state index is -0.511. The Kier molecular flexibility index (Phi) is 8.72. The summed E-state index contributed by atoms with van der Waals surface area (Å²) in [7, 11) is 0. The number of alkyl carbamates (subject to hydrolysis) is 1. The van der Waals surface area contributed by atoms with Crippen LogP contribution < -0.4 is 16.6 Å². The van der Waals surface area contributed by atoms with Crippen LogP contribution in [0.3, 0.4) is 0 Å². The summed E-state index contributed by atoms with van der Waals surface area (Å²) in [4.78, 5) is 56.2. The zero-order valence-corrected chi connectivity index (χ0v) is 23.3. The lowest BCUT2D eigenvalue weighted by Crippen LogP contribution is -2.36. The molecular formula is C29H39N5O5. The highest BCUT2D eigenvalue weighted by atomic mass is 16.6. The second kappa shape index (κ2) is 12.0. The number of nitrogens with zero attached hydrogens (tertiary/aromatic N) is 3. The first-order chi connectivity index (χ1) is 18.5.